The van der Waals surface area contributed by atoms with Gasteiger partial charge in [-0.1, -0.05) is 39.0 Å². The minimum Gasteiger partial charge on any atom is -0.478 e. The number of hydrogen-bond acceptors (Lipinski definition) is 5. The Hall–Kier alpha value is -4.05. The number of amides is 2. The molecule has 0 bridgehead atoms. The molecule has 170 valence electrons. The number of rotatable bonds is 5. The number of primary amides is 1. The average molecular weight is 466 g/mol. The van der Waals surface area contributed by atoms with Crippen LogP contribution in [0.1, 0.15) is 57.4 Å². The number of carbonyl (C=O) groups excluding carboxylic acids is 2. The molecule has 2 aromatic carbocycles. The first-order valence-electron chi connectivity index (χ1n) is 9.92. The van der Waals surface area contributed by atoms with Crippen molar-refractivity contribution >= 4 is 40.9 Å². The smallest absolute Gasteiger partial charge is 0.335 e. The van der Waals surface area contributed by atoms with Gasteiger partial charge in [0.15, 0.2) is 5.11 Å². The second kappa shape index (κ2) is 9.21. The van der Waals surface area contributed by atoms with E-state index in [1.54, 1.807) is 18.2 Å². The molecular formula is C23H23N5O4S. The van der Waals surface area contributed by atoms with Crippen LogP contribution in [0.3, 0.4) is 0 Å². The quantitative estimate of drug-likeness (QED) is 0.425. The van der Waals surface area contributed by atoms with Gasteiger partial charge in [-0.05, 0) is 53.5 Å². The van der Waals surface area contributed by atoms with Crippen molar-refractivity contribution in [3.05, 3.63) is 77.0 Å². The molecule has 1 heterocycles. The van der Waals surface area contributed by atoms with Gasteiger partial charge >= 0.3 is 5.97 Å². The molecule has 0 saturated heterocycles. The number of carboxylic acids is 1. The van der Waals surface area contributed by atoms with Crippen LogP contribution in [-0.4, -0.2) is 37.8 Å². The fraction of sp³-hybridized carbons (Fsp3) is 0.174. The van der Waals surface area contributed by atoms with Gasteiger partial charge in [0.2, 0.25) is 0 Å². The second-order valence-corrected chi connectivity index (χ2v) is 8.68. The van der Waals surface area contributed by atoms with Crippen molar-refractivity contribution in [3.63, 3.8) is 0 Å². The van der Waals surface area contributed by atoms with Gasteiger partial charge < -0.3 is 16.2 Å². The number of carboxylic acid groups (broad SMARTS) is 1. The number of anilines is 1. The van der Waals surface area contributed by atoms with Crippen molar-refractivity contribution in [1.29, 1.82) is 0 Å². The lowest BCUT2D eigenvalue weighted by molar-refractivity contribution is 0.0696. The van der Waals surface area contributed by atoms with Gasteiger partial charge in [-0.2, -0.15) is 5.10 Å². The van der Waals surface area contributed by atoms with E-state index in [-0.39, 0.29) is 27.5 Å². The van der Waals surface area contributed by atoms with Crippen LogP contribution < -0.4 is 16.4 Å². The zero-order valence-electron chi connectivity index (χ0n) is 18.2. The number of nitrogens with two attached hydrogens (primary N) is 1. The Balaban J connectivity index is 1.84. The van der Waals surface area contributed by atoms with Crippen molar-refractivity contribution in [3.8, 4) is 5.69 Å². The fourth-order valence-corrected chi connectivity index (χ4v) is 3.24. The van der Waals surface area contributed by atoms with Gasteiger partial charge in [0.1, 0.15) is 11.4 Å². The van der Waals surface area contributed by atoms with Gasteiger partial charge in [0.05, 0.1) is 17.4 Å². The van der Waals surface area contributed by atoms with Crippen molar-refractivity contribution in [2.45, 2.75) is 26.2 Å². The predicted octanol–water partition coefficient (Wildman–Crippen LogP) is 3.09. The fourth-order valence-electron chi connectivity index (χ4n) is 3.05. The molecule has 33 heavy (non-hydrogen) atoms. The molecule has 0 aliphatic rings. The number of aromatic nitrogens is 2. The average Bonchev–Trinajstić information content (AvgIpc) is 3.16. The number of carbonyl (C=O) groups is 3. The van der Waals surface area contributed by atoms with E-state index in [0.29, 0.717) is 11.3 Å². The van der Waals surface area contributed by atoms with Crippen LogP contribution in [0.2, 0.25) is 0 Å². The Bertz CT molecular complexity index is 1240. The van der Waals surface area contributed by atoms with Crippen LogP contribution in [-0.2, 0) is 5.41 Å². The Morgan fingerprint density at radius 2 is 1.73 bits per heavy atom. The van der Waals surface area contributed by atoms with E-state index >= 15 is 0 Å². The molecule has 5 N–H and O–H groups in total. The molecule has 9 nitrogen and oxygen atoms in total. The van der Waals surface area contributed by atoms with E-state index in [1.165, 1.54) is 29.1 Å². The summed E-state index contributed by atoms with van der Waals surface area (Å²) in [6, 6.07) is 13.1. The zero-order valence-corrected chi connectivity index (χ0v) is 19.1. The topological polar surface area (TPSA) is 139 Å². The van der Waals surface area contributed by atoms with Crippen LogP contribution in [0.25, 0.3) is 5.69 Å². The number of nitrogens with zero attached hydrogens (tertiary/aromatic N) is 2. The van der Waals surface area contributed by atoms with Crippen molar-refractivity contribution < 1.29 is 19.5 Å². The van der Waals surface area contributed by atoms with E-state index in [1.807, 2.05) is 12.1 Å². The summed E-state index contributed by atoms with van der Waals surface area (Å²) in [7, 11) is 0. The highest BCUT2D eigenvalue weighted by Crippen LogP contribution is 2.23. The molecule has 0 aliphatic heterocycles. The molecular weight excluding hydrogens is 442 g/mol. The molecule has 0 radical (unpaired) electrons. The lowest BCUT2D eigenvalue weighted by Crippen LogP contribution is -2.35. The molecule has 3 rings (SSSR count). The van der Waals surface area contributed by atoms with Crippen LogP contribution in [0.5, 0.6) is 0 Å². The second-order valence-electron chi connectivity index (χ2n) is 8.27. The third-order valence-corrected chi connectivity index (χ3v) is 5.05. The first kappa shape index (κ1) is 23.6. The van der Waals surface area contributed by atoms with Crippen molar-refractivity contribution in [1.82, 2.24) is 15.1 Å². The summed E-state index contributed by atoms with van der Waals surface area (Å²) in [5.41, 5.74) is 7.29. The molecule has 1 aromatic heterocycles. The Morgan fingerprint density at radius 1 is 1.06 bits per heavy atom. The van der Waals surface area contributed by atoms with Crippen LogP contribution in [0.15, 0.2) is 54.7 Å². The Kier molecular flexibility index (Phi) is 6.59. The maximum Gasteiger partial charge on any atom is 0.335 e. The predicted molar refractivity (Wildman–Crippen MR) is 128 cm³/mol. The summed E-state index contributed by atoms with van der Waals surface area (Å²) >= 11 is 5.26. The highest BCUT2D eigenvalue weighted by molar-refractivity contribution is 7.80. The minimum absolute atomic E-state index is 0.0156. The van der Waals surface area contributed by atoms with E-state index in [0.717, 1.165) is 5.56 Å². The van der Waals surface area contributed by atoms with E-state index < -0.39 is 17.8 Å². The molecule has 0 fully saturated rings. The standard InChI is InChI=1S/C23H23N5O4S/c1-23(2,3)15-9-7-13(8-10-15)20(30)27-22(33)26-19-17(18(24)29)12-25-28(19)16-6-4-5-14(11-16)21(31)32/h4-12H,1-3H3,(H2,24,29)(H,31,32)(H2,26,27,30,33). The van der Waals surface area contributed by atoms with Gasteiger partial charge in [-0.25, -0.2) is 9.48 Å². The van der Waals surface area contributed by atoms with Gasteiger partial charge in [-0.3, -0.25) is 14.9 Å². The molecule has 2 amide bonds. The van der Waals surface area contributed by atoms with Crippen LogP contribution >= 0.6 is 12.2 Å². The number of thiocarbonyl (C=S) groups is 1. The summed E-state index contributed by atoms with van der Waals surface area (Å²) in [5.74, 6) is -2.23. The number of benzene rings is 2. The molecule has 3 aromatic rings. The first-order valence-corrected chi connectivity index (χ1v) is 10.3. The summed E-state index contributed by atoms with van der Waals surface area (Å²) in [6.45, 7) is 6.23. The van der Waals surface area contributed by atoms with Gasteiger partial charge in [0.25, 0.3) is 11.8 Å². The van der Waals surface area contributed by atoms with Gasteiger partial charge in [0, 0.05) is 5.56 Å². The third-order valence-electron chi connectivity index (χ3n) is 4.84. The summed E-state index contributed by atoms with van der Waals surface area (Å²) < 4.78 is 1.28. The van der Waals surface area contributed by atoms with E-state index in [2.05, 4.69) is 36.5 Å². The van der Waals surface area contributed by atoms with E-state index in [4.69, 9.17) is 18.0 Å². The molecule has 0 aliphatic carbocycles. The maximum absolute atomic E-state index is 12.6. The molecule has 10 heteroatoms. The van der Waals surface area contributed by atoms with Crippen LogP contribution in [0.4, 0.5) is 5.82 Å². The molecule has 0 saturated carbocycles. The normalized spacial score (nSPS) is 11.0. The lowest BCUT2D eigenvalue weighted by atomic mass is 9.87. The Morgan fingerprint density at radius 3 is 2.30 bits per heavy atom. The number of hydrogen-bond donors (Lipinski definition) is 4. The highest BCUT2D eigenvalue weighted by atomic mass is 32.1. The summed E-state index contributed by atoms with van der Waals surface area (Å²) in [4.78, 5) is 35.8. The molecule has 0 spiro atoms. The third kappa shape index (κ3) is 5.42. The largest absolute Gasteiger partial charge is 0.478 e. The van der Waals surface area contributed by atoms with Gasteiger partial charge in [-0.15, -0.1) is 0 Å². The first-order chi connectivity index (χ1) is 15.5. The molecule has 0 unspecified atom stereocenters. The van der Waals surface area contributed by atoms with Crippen molar-refractivity contribution in [2.75, 3.05) is 5.32 Å². The lowest BCUT2D eigenvalue weighted by Gasteiger charge is -2.19. The number of nitrogens with one attached hydrogen (secondary N) is 2. The zero-order chi connectivity index (χ0) is 24.3. The van der Waals surface area contributed by atoms with E-state index in [9.17, 15) is 19.5 Å². The maximum atomic E-state index is 12.6. The van der Waals surface area contributed by atoms with Crippen molar-refractivity contribution in [2.24, 2.45) is 5.73 Å². The minimum atomic E-state index is -1.12. The highest BCUT2D eigenvalue weighted by Gasteiger charge is 2.20. The summed E-state index contributed by atoms with van der Waals surface area (Å²) in [5, 5.41) is 18.6. The Labute approximate surface area is 195 Å². The summed E-state index contributed by atoms with van der Waals surface area (Å²) in [6.07, 6.45) is 1.23. The monoisotopic (exact) mass is 465 g/mol. The SMILES string of the molecule is CC(C)(C)c1ccc(C(=O)NC(=S)Nc2c(C(N)=O)cnn2-c2cccc(C(=O)O)c2)cc1. The number of aromatic carboxylic acids is 1. The molecule has 0 atom stereocenters. The van der Waals surface area contributed by atoms with Crippen LogP contribution in [0, 0.1) is 0 Å².